The van der Waals surface area contributed by atoms with E-state index in [1.165, 1.54) is 0 Å². The SMILES string of the molecule is CCCCOC1C2OC2OCC[C@H]1OCCCC. The van der Waals surface area contributed by atoms with E-state index in [0.29, 0.717) is 6.61 Å². The Bertz CT molecular complexity index is 234. The van der Waals surface area contributed by atoms with Crippen molar-refractivity contribution in [2.75, 3.05) is 19.8 Å². The molecule has 2 fully saturated rings. The van der Waals surface area contributed by atoms with Gasteiger partial charge in [-0.2, -0.15) is 0 Å². The van der Waals surface area contributed by atoms with E-state index in [0.717, 1.165) is 45.3 Å². The third-order valence-corrected chi connectivity index (χ3v) is 3.50. The summed E-state index contributed by atoms with van der Waals surface area (Å²) in [5, 5.41) is 0. The highest BCUT2D eigenvalue weighted by atomic mass is 16.8. The van der Waals surface area contributed by atoms with E-state index in [-0.39, 0.29) is 24.6 Å². The van der Waals surface area contributed by atoms with Crippen molar-refractivity contribution in [3.05, 3.63) is 0 Å². The summed E-state index contributed by atoms with van der Waals surface area (Å²) in [5.41, 5.74) is 0. The van der Waals surface area contributed by atoms with Crippen molar-refractivity contribution in [3.8, 4) is 0 Å². The highest BCUT2D eigenvalue weighted by Crippen LogP contribution is 2.35. The molecule has 0 spiro atoms. The fourth-order valence-corrected chi connectivity index (χ4v) is 2.28. The van der Waals surface area contributed by atoms with Gasteiger partial charge in [-0.05, 0) is 19.3 Å². The molecule has 2 saturated heterocycles. The van der Waals surface area contributed by atoms with Crippen LogP contribution in [0, 0.1) is 0 Å². The third kappa shape index (κ3) is 3.92. The normalized spacial score (nSPS) is 35.0. The van der Waals surface area contributed by atoms with Crippen LogP contribution in [0.3, 0.4) is 0 Å². The van der Waals surface area contributed by atoms with Crippen molar-refractivity contribution in [1.29, 1.82) is 0 Å². The minimum Gasteiger partial charge on any atom is -0.375 e. The van der Waals surface area contributed by atoms with Gasteiger partial charge in [0, 0.05) is 13.2 Å². The van der Waals surface area contributed by atoms with Crippen molar-refractivity contribution in [2.24, 2.45) is 0 Å². The molecule has 0 aliphatic carbocycles. The molecule has 18 heavy (non-hydrogen) atoms. The van der Waals surface area contributed by atoms with Crippen LogP contribution in [0.25, 0.3) is 0 Å². The molecule has 4 atom stereocenters. The van der Waals surface area contributed by atoms with Gasteiger partial charge < -0.3 is 18.9 Å². The smallest absolute Gasteiger partial charge is 0.187 e. The van der Waals surface area contributed by atoms with Gasteiger partial charge in [0.05, 0.1) is 12.7 Å². The number of hydrogen-bond donors (Lipinski definition) is 0. The van der Waals surface area contributed by atoms with E-state index >= 15 is 0 Å². The molecule has 2 aliphatic rings. The predicted octanol–water partition coefficient (Wildman–Crippen LogP) is 2.50. The Morgan fingerprint density at radius 3 is 2.50 bits per heavy atom. The van der Waals surface area contributed by atoms with Gasteiger partial charge in [-0.3, -0.25) is 0 Å². The van der Waals surface area contributed by atoms with Gasteiger partial charge in [0.25, 0.3) is 0 Å². The molecule has 0 N–H and O–H groups in total. The van der Waals surface area contributed by atoms with Crippen LogP contribution in [0.2, 0.25) is 0 Å². The Hall–Kier alpha value is -0.160. The van der Waals surface area contributed by atoms with Crippen molar-refractivity contribution in [2.45, 2.75) is 70.6 Å². The lowest BCUT2D eigenvalue weighted by molar-refractivity contribution is -0.0919. The molecule has 4 heteroatoms. The maximum atomic E-state index is 5.97. The summed E-state index contributed by atoms with van der Waals surface area (Å²) < 4.78 is 23.0. The summed E-state index contributed by atoms with van der Waals surface area (Å²) in [7, 11) is 0. The van der Waals surface area contributed by atoms with Crippen LogP contribution in [0.1, 0.15) is 46.0 Å². The Kier molecular flexibility index (Phi) is 5.89. The van der Waals surface area contributed by atoms with Crippen molar-refractivity contribution < 1.29 is 18.9 Å². The largest absolute Gasteiger partial charge is 0.375 e. The zero-order valence-electron chi connectivity index (χ0n) is 11.6. The lowest BCUT2D eigenvalue weighted by Gasteiger charge is -2.25. The highest BCUT2D eigenvalue weighted by molar-refractivity contribution is 4.93. The number of hydrogen-bond acceptors (Lipinski definition) is 4. The first-order chi connectivity index (χ1) is 8.86. The van der Waals surface area contributed by atoms with Crippen LogP contribution in [0.5, 0.6) is 0 Å². The molecule has 0 aromatic rings. The zero-order chi connectivity index (χ0) is 12.8. The molecule has 0 radical (unpaired) electrons. The summed E-state index contributed by atoms with van der Waals surface area (Å²) in [6.07, 6.45) is 5.66. The van der Waals surface area contributed by atoms with Crippen molar-refractivity contribution >= 4 is 0 Å². The third-order valence-electron chi connectivity index (χ3n) is 3.50. The number of epoxide rings is 1. The summed E-state index contributed by atoms with van der Waals surface area (Å²) >= 11 is 0. The molecule has 4 nitrogen and oxygen atoms in total. The highest BCUT2D eigenvalue weighted by Gasteiger charge is 2.52. The van der Waals surface area contributed by atoms with Crippen LogP contribution in [-0.2, 0) is 18.9 Å². The van der Waals surface area contributed by atoms with E-state index < -0.39 is 0 Å². The Balaban J connectivity index is 1.81. The molecule has 106 valence electrons. The van der Waals surface area contributed by atoms with E-state index in [4.69, 9.17) is 18.9 Å². The minimum absolute atomic E-state index is 0.0450. The first kappa shape index (κ1) is 14.3. The fraction of sp³-hybridized carbons (Fsp3) is 1.00. The maximum absolute atomic E-state index is 5.97. The number of rotatable bonds is 8. The Morgan fingerprint density at radius 2 is 1.78 bits per heavy atom. The van der Waals surface area contributed by atoms with Crippen LogP contribution < -0.4 is 0 Å². The van der Waals surface area contributed by atoms with Crippen LogP contribution >= 0.6 is 0 Å². The molecule has 0 saturated carbocycles. The molecule has 2 rings (SSSR count). The van der Waals surface area contributed by atoms with Gasteiger partial charge in [0.2, 0.25) is 0 Å². The average Bonchev–Trinajstić information content (AvgIpc) is 3.13. The second-order valence-electron chi connectivity index (χ2n) is 5.08. The standard InChI is InChI=1S/C14H26O4/c1-3-5-8-15-11-7-10-17-14-13(18-14)12(11)16-9-6-4-2/h11-14H,3-10H2,1-2H3/t11-,12?,13?,14?/m1/s1. The second-order valence-corrected chi connectivity index (χ2v) is 5.08. The monoisotopic (exact) mass is 258 g/mol. The van der Waals surface area contributed by atoms with E-state index in [1.54, 1.807) is 0 Å². The molecule has 3 unspecified atom stereocenters. The van der Waals surface area contributed by atoms with Crippen LogP contribution in [0.15, 0.2) is 0 Å². The summed E-state index contributed by atoms with van der Waals surface area (Å²) in [6, 6.07) is 0. The average molecular weight is 258 g/mol. The first-order valence-corrected chi connectivity index (χ1v) is 7.37. The number of unbranched alkanes of at least 4 members (excludes halogenated alkanes) is 2. The first-order valence-electron chi connectivity index (χ1n) is 7.37. The van der Waals surface area contributed by atoms with Gasteiger partial charge in [-0.25, -0.2) is 0 Å². The quantitative estimate of drug-likeness (QED) is 0.495. The molecule has 2 heterocycles. The Morgan fingerprint density at radius 1 is 1.06 bits per heavy atom. The zero-order valence-corrected chi connectivity index (χ0v) is 11.6. The second kappa shape index (κ2) is 7.43. The van der Waals surface area contributed by atoms with Gasteiger partial charge in [0.1, 0.15) is 12.2 Å². The Labute approximate surface area is 110 Å². The van der Waals surface area contributed by atoms with Crippen LogP contribution in [0.4, 0.5) is 0 Å². The van der Waals surface area contributed by atoms with E-state index in [2.05, 4.69) is 13.8 Å². The van der Waals surface area contributed by atoms with Crippen LogP contribution in [-0.4, -0.2) is 44.4 Å². The van der Waals surface area contributed by atoms with E-state index in [9.17, 15) is 0 Å². The summed E-state index contributed by atoms with van der Waals surface area (Å²) in [4.78, 5) is 0. The van der Waals surface area contributed by atoms with Gasteiger partial charge in [0.15, 0.2) is 6.29 Å². The molecular formula is C14H26O4. The van der Waals surface area contributed by atoms with Gasteiger partial charge >= 0.3 is 0 Å². The van der Waals surface area contributed by atoms with E-state index in [1.807, 2.05) is 0 Å². The van der Waals surface area contributed by atoms with Crippen molar-refractivity contribution in [3.63, 3.8) is 0 Å². The maximum Gasteiger partial charge on any atom is 0.187 e. The lowest BCUT2D eigenvalue weighted by atomic mass is 10.1. The van der Waals surface area contributed by atoms with Crippen molar-refractivity contribution in [1.82, 2.24) is 0 Å². The molecule has 0 bridgehead atoms. The number of ether oxygens (including phenoxy) is 4. The molecule has 2 aliphatic heterocycles. The van der Waals surface area contributed by atoms with Gasteiger partial charge in [-0.1, -0.05) is 26.7 Å². The summed E-state index contributed by atoms with van der Waals surface area (Å²) in [5.74, 6) is 0. The molecule has 0 amide bonds. The molecule has 0 aromatic heterocycles. The lowest BCUT2D eigenvalue weighted by Crippen LogP contribution is -2.36. The number of fused-ring (bicyclic) bond motifs is 1. The topological polar surface area (TPSA) is 40.2 Å². The summed E-state index contributed by atoms with van der Waals surface area (Å²) in [6.45, 7) is 6.67. The molecule has 0 aromatic carbocycles. The fourth-order valence-electron chi connectivity index (χ4n) is 2.28. The minimum atomic E-state index is -0.0450. The molecular weight excluding hydrogens is 232 g/mol. The predicted molar refractivity (Wildman–Crippen MR) is 68.5 cm³/mol. The van der Waals surface area contributed by atoms with Gasteiger partial charge in [-0.15, -0.1) is 0 Å².